The van der Waals surface area contributed by atoms with Gasteiger partial charge in [-0.15, -0.1) is 11.6 Å². The van der Waals surface area contributed by atoms with Crippen LogP contribution in [0.15, 0.2) is 24.3 Å². The number of halogens is 4. The first-order chi connectivity index (χ1) is 8.53. The Morgan fingerprint density at radius 2 is 1.94 bits per heavy atom. The molecule has 6 heteroatoms. The van der Waals surface area contributed by atoms with Crippen molar-refractivity contribution in [3.8, 4) is 17.6 Å². The van der Waals surface area contributed by atoms with E-state index in [0.29, 0.717) is 11.3 Å². The Balaban J connectivity index is 2.52. The average molecular weight is 279 g/mol. The Morgan fingerprint density at radius 1 is 1.22 bits per heavy atom. The van der Waals surface area contributed by atoms with Gasteiger partial charge in [0.15, 0.2) is 6.79 Å². The van der Waals surface area contributed by atoms with Crippen molar-refractivity contribution >= 4 is 11.6 Å². The highest BCUT2D eigenvalue weighted by Crippen LogP contribution is 2.18. The molecule has 0 aliphatic heterocycles. The summed E-state index contributed by atoms with van der Waals surface area (Å²) in [6, 6.07) is 6.69. The summed E-state index contributed by atoms with van der Waals surface area (Å²) in [6.07, 6.45) is -4.36. The molecule has 0 aliphatic rings. The monoisotopic (exact) mass is 278 g/mol. The highest BCUT2D eigenvalue weighted by atomic mass is 35.5. The second kappa shape index (κ2) is 7.14. The average Bonchev–Trinajstić information content (AvgIpc) is 2.32. The van der Waals surface area contributed by atoms with Gasteiger partial charge < -0.3 is 9.47 Å². The van der Waals surface area contributed by atoms with Crippen LogP contribution in [0.4, 0.5) is 13.2 Å². The van der Waals surface area contributed by atoms with Crippen LogP contribution in [0.1, 0.15) is 5.56 Å². The molecule has 0 radical (unpaired) electrons. The second-order valence-electron chi connectivity index (χ2n) is 3.16. The molecular weight excluding hydrogens is 269 g/mol. The quantitative estimate of drug-likeness (QED) is 0.364. The van der Waals surface area contributed by atoms with E-state index < -0.39 is 19.6 Å². The van der Waals surface area contributed by atoms with E-state index in [4.69, 9.17) is 16.3 Å². The minimum atomic E-state index is -4.36. The highest BCUT2D eigenvalue weighted by molar-refractivity contribution is 6.19. The molecule has 1 aromatic rings. The van der Waals surface area contributed by atoms with Gasteiger partial charge in [-0.3, -0.25) is 0 Å². The van der Waals surface area contributed by atoms with Crippen molar-refractivity contribution in [3.63, 3.8) is 0 Å². The first kappa shape index (κ1) is 14.7. The van der Waals surface area contributed by atoms with E-state index in [1.165, 1.54) is 0 Å². The zero-order valence-corrected chi connectivity index (χ0v) is 10.0. The summed E-state index contributed by atoms with van der Waals surface area (Å²) in [5.41, 5.74) is 0.550. The summed E-state index contributed by atoms with van der Waals surface area (Å²) in [6.45, 7) is -1.83. The lowest BCUT2D eigenvalue weighted by atomic mass is 10.2. The fraction of sp³-hybridized carbons (Fsp3) is 0.333. The number of benzene rings is 1. The molecule has 0 fully saturated rings. The Hall–Kier alpha value is -1.38. The third kappa shape index (κ3) is 5.80. The van der Waals surface area contributed by atoms with Crippen molar-refractivity contribution < 1.29 is 22.6 Å². The summed E-state index contributed by atoms with van der Waals surface area (Å²) in [7, 11) is 0. The molecule has 0 saturated carbocycles. The Morgan fingerprint density at radius 3 is 2.61 bits per heavy atom. The van der Waals surface area contributed by atoms with Crippen molar-refractivity contribution in [3.05, 3.63) is 29.8 Å². The van der Waals surface area contributed by atoms with E-state index in [1.54, 1.807) is 24.3 Å². The van der Waals surface area contributed by atoms with Gasteiger partial charge >= 0.3 is 6.18 Å². The molecular formula is C12H10ClF3O2. The maximum Gasteiger partial charge on any atom is 0.411 e. The lowest BCUT2D eigenvalue weighted by Crippen LogP contribution is -2.19. The fourth-order valence-electron chi connectivity index (χ4n) is 1.09. The number of ether oxygens (including phenoxy) is 2. The van der Waals surface area contributed by atoms with Crippen LogP contribution in [0, 0.1) is 11.8 Å². The number of hydrogen-bond donors (Lipinski definition) is 0. The molecule has 0 unspecified atom stereocenters. The number of alkyl halides is 4. The van der Waals surface area contributed by atoms with Crippen LogP contribution in [0.5, 0.6) is 5.75 Å². The second-order valence-corrected chi connectivity index (χ2v) is 3.42. The number of hydrogen-bond acceptors (Lipinski definition) is 2. The molecule has 98 valence electrons. The largest absolute Gasteiger partial charge is 0.466 e. The van der Waals surface area contributed by atoms with Gasteiger partial charge in [-0.1, -0.05) is 24.0 Å². The van der Waals surface area contributed by atoms with Gasteiger partial charge in [-0.25, -0.2) is 0 Å². The zero-order chi connectivity index (χ0) is 13.4. The summed E-state index contributed by atoms with van der Waals surface area (Å²) in [5.74, 6) is 5.89. The molecule has 0 N–H and O–H groups in total. The number of para-hydroxylation sites is 1. The van der Waals surface area contributed by atoms with E-state index in [9.17, 15) is 13.2 Å². The molecule has 0 atom stereocenters. The van der Waals surface area contributed by atoms with Crippen LogP contribution in [0.3, 0.4) is 0 Å². The molecule has 18 heavy (non-hydrogen) atoms. The standard InChI is InChI=1S/C12H10ClF3O2/c13-7-3-5-10-4-1-2-6-11(10)18-9-17-8-12(14,15)16/h1-2,4,6H,7-9H2. The minimum absolute atomic E-state index is 0.166. The third-order valence-corrected chi connectivity index (χ3v) is 1.87. The summed E-state index contributed by atoms with van der Waals surface area (Å²) in [5, 5.41) is 0. The van der Waals surface area contributed by atoms with Crippen molar-refractivity contribution in [1.82, 2.24) is 0 Å². The predicted molar refractivity (Wildman–Crippen MR) is 61.5 cm³/mol. The van der Waals surface area contributed by atoms with Crippen LogP contribution in [0.25, 0.3) is 0 Å². The first-order valence-corrected chi connectivity index (χ1v) is 5.47. The van der Waals surface area contributed by atoms with Crippen LogP contribution in [-0.4, -0.2) is 25.5 Å². The van der Waals surface area contributed by atoms with E-state index in [0.717, 1.165) is 0 Å². The van der Waals surface area contributed by atoms with Crippen molar-refractivity contribution in [2.75, 3.05) is 19.3 Å². The molecule has 0 amide bonds. The SMILES string of the molecule is FC(F)(F)COCOc1ccccc1C#CCCl. The first-order valence-electron chi connectivity index (χ1n) is 4.94. The molecule has 1 rings (SSSR count). The van der Waals surface area contributed by atoms with E-state index >= 15 is 0 Å². The van der Waals surface area contributed by atoms with Crippen LogP contribution in [0.2, 0.25) is 0 Å². The van der Waals surface area contributed by atoms with Crippen molar-refractivity contribution in [2.24, 2.45) is 0 Å². The third-order valence-electron chi connectivity index (χ3n) is 1.74. The molecule has 2 nitrogen and oxygen atoms in total. The highest BCUT2D eigenvalue weighted by Gasteiger charge is 2.27. The predicted octanol–water partition coefficient (Wildman–Crippen LogP) is 3.19. The van der Waals surface area contributed by atoms with Gasteiger partial charge in [0.05, 0.1) is 11.4 Å². The summed E-state index contributed by atoms with van der Waals surface area (Å²) >= 11 is 5.42. The van der Waals surface area contributed by atoms with E-state index in [1.807, 2.05) is 0 Å². The van der Waals surface area contributed by atoms with Gasteiger partial charge in [-0.05, 0) is 12.1 Å². The van der Waals surface area contributed by atoms with Crippen molar-refractivity contribution in [1.29, 1.82) is 0 Å². The smallest absolute Gasteiger partial charge is 0.411 e. The maximum atomic E-state index is 11.8. The van der Waals surface area contributed by atoms with Crippen molar-refractivity contribution in [2.45, 2.75) is 6.18 Å². The van der Waals surface area contributed by atoms with Gasteiger partial charge in [-0.2, -0.15) is 13.2 Å². The Labute approximate surface area is 108 Å². The maximum absolute atomic E-state index is 11.8. The van der Waals surface area contributed by atoms with Crippen LogP contribution >= 0.6 is 11.6 Å². The number of rotatable bonds is 4. The molecule has 0 aromatic heterocycles. The topological polar surface area (TPSA) is 18.5 Å². The van der Waals surface area contributed by atoms with E-state index in [2.05, 4.69) is 16.6 Å². The molecule has 0 saturated heterocycles. The molecule has 0 heterocycles. The minimum Gasteiger partial charge on any atom is -0.466 e. The van der Waals surface area contributed by atoms with Crippen LogP contribution in [-0.2, 0) is 4.74 Å². The molecule has 0 aliphatic carbocycles. The lowest BCUT2D eigenvalue weighted by molar-refractivity contribution is -0.186. The summed E-state index contributed by atoms with van der Waals surface area (Å²) < 4.78 is 44.8. The van der Waals surface area contributed by atoms with Crippen LogP contribution < -0.4 is 4.74 Å². The normalized spacial score (nSPS) is 10.7. The lowest BCUT2D eigenvalue weighted by Gasteiger charge is -2.10. The van der Waals surface area contributed by atoms with Gasteiger partial charge in [0, 0.05) is 0 Å². The Kier molecular flexibility index (Phi) is 5.83. The Bertz CT molecular complexity index is 435. The van der Waals surface area contributed by atoms with E-state index in [-0.39, 0.29) is 5.88 Å². The molecule has 0 spiro atoms. The summed E-state index contributed by atoms with van der Waals surface area (Å²) in [4.78, 5) is 0. The van der Waals surface area contributed by atoms with Gasteiger partial charge in [0.1, 0.15) is 12.4 Å². The van der Waals surface area contributed by atoms with Gasteiger partial charge in [0.25, 0.3) is 0 Å². The fourth-order valence-corrected chi connectivity index (χ4v) is 1.15. The zero-order valence-electron chi connectivity index (χ0n) is 9.26. The molecule has 1 aromatic carbocycles. The van der Waals surface area contributed by atoms with Gasteiger partial charge in [0.2, 0.25) is 0 Å². The molecule has 0 bridgehead atoms.